The van der Waals surface area contributed by atoms with E-state index in [1.165, 1.54) is 15.6 Å². The van der Waals surface area contributed by atoms with Crippen molar-refractivity contribution in [3.8, 4) is 0 Å². The smallest absolute Gasteiger partial charge is 0.252 e. The summed E-state index contributed by atoms with van der Waals surface area (Å²) in [4.78, 5) is 1.06. The molecule has 0 saturated carbocycles. The van der Waals surface area contributed by atoms with E-state index >= 15 is 0 Å². The lowest BCUT2D eigenvalue weighted by molar-refractivity contribution is 0.407. The maximum atomic E-state index is 12.6. The highest BCUT2D eigenvalue weighted by Gasteiger charge is 2.24. The average Bonchev–Trinajstić information content (AvgIpc) is 3.06. The molecule has 2 aromatic rings. The second-order valence-corrected chi connectivity index (χ2v) is 8.20. The van der Waals surface area contributed by atoms with Crippen LogP contribution in [0.15, 0.2) is 33.1 Å². The number of hydrogen-bond acceptors (Lipinski definition) is 5. The van der Waals surface area contributed by atoms with Gasteiger partial charge in [-0.15, -0.1) is 11.3 Å². The summed E-state index contributed by atoms with van der Waals surface area (Å²) < 4.78 is 32.0. The van der Waals surface area contributed by atoms with E-state index in [1.807, 2.05) is 13.8 Å². The van der Waals surface area contributed by atoms with Crippen LogP contribution in [0.4, 0.5) is 0 Å². The van der Waals surface area contributed by atoms with Crippen LogP contribution in [0.25, 0.3) is 0 Å². The zero-order valence-corrected chi connectivity index (χ0v) is 14.1. The highest BCUT2D eigenvalue weighted by atomic mass is 32.2. The van der Waals surface area contributed by atoms with Crippen molar-refractivity contribution in [1.82, 2.24) is 9.62 Å². The Kier molecular flexibility index (Phi) is 5.21. The van der Waals surface area contributed by atoms with E-state index in [4.69, 9.17) is 4.42 Å². The second kappa shape index (κ2) is 6.74. The van der Waals surface area contributed by atoms with Crippen molar-refractivity contribution in [2.45, 2.75) is 31.1 Å². The average molecular weight is 328 g/mol. The molecule has 5 nitrogen and oxygen atoms in total. The first kappa shape index (κ1) is 16.2. The van der Waals surface area contributed by atoms with Crippen LogP contribution in [-0.4, -0.2) is 26.3 Å². The van der Waals surface area contributed by atoms with Crippen LogP contribution in [0.5, 0.6) is 0 Å². The van der Waals surface area contributed by atoms with Crippen molar-refractivity contribution >= 4 is 21.4 Å². The summed E-state index contributed by atoms with van der Waals surface area (Å²) in [6.07, 6.45) is 1.54. The van der Waals surface area contributed by atoms with Crippen LogP contribution >= 0.6 is 11.3 Å². The molecular formula is C14H20N2O3S2. The van der Waals surface area contributed by atoms with Crippen LogP contribution in [0.1, 0.15) is 23.1 Å². The van der Waals surface area contributed by atoms with Gasteiger partial charge in [0.25, 0.3) is 10.0 Å². The number of hydrogen-bond donors (Lipinski definition) is 1. The van der Waals surface area contributed by atoms with Crippen LogP contribution in [0.3, 0.4) is 0 Å². The molecule has 0 aliphatic carbocycles. The lowest BCUT2D eigenvalue weighted by atomic mass is 10.3. The van der Waals surface area contributed by atoms with Crippen molar-refractivity contribution in [3.05, 3.63) is 40.7 Å². The van der Waals surface area contributed by atoms with E-state index in [-0.39, 0.29) is 6.54 Å². The maximum absolute atomic E-state index is 12.6. The van der Waals surface area contributed by atoms with Crippen molar-refractivity contribution in [3.63, 3.8) is 0 Å². The van der Waals surface area contributed by atoms with E-state index in [1.54, 1.807) is 31.5 Å². The summed E-state index contributed by atoms with van der Waals surface area (Å²) in [5.41, 5.74) is 1.01. The molecule has 0 aromatic carbocycles. The minimum Gasteiger partial charge on any atom is -0.468 e. The van der Waals surface area contributed by atoms with E-state index in [2.05, 4.69) is 5.32 Å². The van der Waals surface area contributed by atoms with Crippen LogP contribution < -0.4 is 5.32 Å². The van der Waals surface area contributed by atoms with Gasteiger partial charge < -0.3 is 9.73 Å². The first-order valence-electron chi connectivity index (χ1n) is 6.74. The lowest BCUT2D eigenvalue weighted by Crippen LogP contribution is -2.25. The standard InChI is InChI=1S/C14H20N2O3S2/c1-4-15-9-13-11(2)8-14(20-13)21(17,18)16(3)10-12-6-5-7-19-12/h5-8,15H,4,9-10H2,1-3H3. The molecule has 0 saturated heterocycles. The summed E-state index contributed by atoms with van der Waals surface area (Å²) in [7, 11) is -1.91. The number of nitrogens with one attached hydrogen (secondary N) is 1. The van der Waals surface area contributed by atoms with Crippen molar-refractivity contribution in [1.29, 1.82) is 0 Å². The molecule has 0 bridgehead atoms. The fourth-order valence-corrected chi connectivity index (χ4v) is 4.80. The first-order valence-corrected chi connectivity index (χ1v) is 8.99. The lowest BCUT2D eigenvalue weighted by Gasteiger charge is -2.14. The fraction of sp³-hybridized carbons (Fsp3) is 0.429. The van der Waals surface area contributed by atoms with Gasteiger partial charge in [-0.2, -0.15) is 4.31 Å². The SMILES string of the molecule is CCNCc1sc(S(=O)(=O)N(C)Cc2ccco2)cc1C. The van der Waals surface area contributed by atoms with Gasteiger partial charge in [-0.3, -0.25) is 0 Å². The third-order valence-electron chi connectivity index (χ3n) is 3.16. The van der Waals surface area contributed by atoms with Gasteiger partial charge in [-0.1, -0.05) is 6.92 Å². The van der Waals surface area contributed by atoms with Gasteiger partial charge in [0.1, 0.15) is 9.97 Å². The molecule has 2 rings (SSSR count). The molecule has 116 valence electrons. The summed E-state index contributed by atoms with van der Waals surface area (Å²) in [5.74, 6) is 0.627. The first-order chi connectivity index (χ1) is 9.95. The van der Waals surface area contributed by atoms with Gasteiger partial charge in [0, 0.05) is 18.5 Å². The normalized spacial score (nSPS) is 12.2. The van der Waals surface area contributed by atoms with Gasteiger partial charge in [0.15, 0.2) is 0 Å². The van der Waals surface area contributed by atoms with Gasteiger partial charge in [-0.05, 0) is 37.2 Å². The number of aryl methyl sites for hydroxylation is 1. The molecule has 0 radical (unpaired) electrons. The Hall–Kier alpha value is -1.15. The Morgan fingerprint density at radius 3 is 2.81 bits per heavy atom. The number of thiophene rings is 1. The molecule has 0 aliphatic rings. The van der Waals surface area contributed by atoms with Gasteiger partial charge in [0.2, 0.25) is 0 Å². The second-order valence-electron chi connectivity index (χ2n) is 4.79. The monoisotopic (exact) mass is 328 g/mol. The minimum absolute atomic E-state index is 0.231. The maximum Gasteiger partial charge on any atom is 0.252 e. The Balaban J connectivity index is 2.18. The highest BCUT2D eigenvalue weighted by Crippen LogP contribution is 2.28. The molecule has 1 N–H and O–H groups in total. The minimum atomic E-state index is -3.48. The Labute approximate surface area is 129 Å². The predicted molar refractivity (Wildman–Crippen MR) is 83.8 cm³/mol. The van der Waals surface area contributed by atoms with Crippen LogP contribution in [0.2, 0.25) is 0 Å². The quantitative estimate of drug-likeness (QED) is 0.848. The molecule has 0 unspecified atom stereocenters. The van der Waals surface area contributed by atoms with E-state index < -0.39 is 10.0 Å². The molecule has 0 spiro atoms. The van der Waals surface area contributed by atoms with Crippen molar-refractivity contribution in [2.75, 3.05) is 13.6 Å². The fourth-order valence-electron chi connectivity index (χ4n) is 1.89. The number of furan rings is 1. The molecule has 0 fully saturated rings. The predicted octanol–water partition coefficient (Wildman–Crippen LogP) is 2.58. The Morgan fingerprint density at radius 2 is 2.19 bits per heavy atom. The molecular weight excluding hydrogens is 308 g/mol. The highest BCUT2D eigenvalue weighted by molar-refractivity contribution is 7.91. The van der Waals surface area contributed by atoms with Gasteiger partial charge >= 0.3 is 0 Å². The summed E-state index contributed by atoms with van der Waals surface area (Å²) in [5, 5.41) is 3.22. The molecule has 0 atom stereocenters. The van der Waals surface area contributed by atoms with Crippen LogP contribution in [0, 0.1) is 6.92 Å². The van der Waals surface area contributed by atoms with Crippen LogP contribution in [-0.2, 0) is 23.1 Å². The topological polar surface area (TPSA) is 62.6 Å². The van der Waals surface area contributed by atoms with Crippen molar-refractivity contribution < 1.29 is 12.8 Å². The van der Waals surface area contributed by atoms with E-state index in [9.17, 15) is 8.42 Å². The van der Waals surface area contributed by atoms with Crippen molar-refractivity contribution in [2.24, 2.45) is 0 Å². The molecule has 2 heterocycles. The third kappa shape index (κ3) is 3.74. The molecule has 2 aromatic heterocycles. The Morgan fingerprint density at radius 1 is 1.43 bits per heavy atom. The van der Waals surface area contributed by atoms with Gasteiger partial charge in [0.05, 0.1) is 12.8 Å². The Bertz CT molecular complexity index is 675. The summed E-state index contributed by atoms with van der Waals surface area (Å²) in [6, 6.07) is 5.26. The molecule has 7 heteroatoms. The summed E-state index contributed by atoms with van der Waals surface area (Å²) >= 11 is 1.32. The zero-order chi connectivity index (χ0) is 15.5. The number of sulfonamides is 1. The van der Waals surface area contributed by atoms with Gasteiger partial charge in [-0.25, -0.2) is 8.42 Å². The number of rotatable bonds is 7. The third-order valence-corrected chi connectivity index (χ3v) is 6.65. The largest absolute Gasteiger partial charge is 0.468 e. The number of nitrogens with zero attached hydrogens (tertiary/aromatic N) is 1. The zero-order valence-electron chi connectivity index (χ0n) is 12.4. The van der Waals surface area contributed by atoms with E-state index in [0.29, 0.717) is 16.5 Å². The molecule has 21 heavy (non-hydrogen) atoms. The summed E-state index contributed by atoms with van der Waals surface area (Å²) in [6.45, 7) is 5.75. The molecule has 0 aliphatic heterocycles. The van der Waals surface area contributed by atoms with E-state index in [0.717, 1.165) is 17.0 Å². The molecule has 0 amide bonds.